The van der Waals surface area contributed by atoms with Gasteiger partial charge in [-0.15, -0.1) is 0 Å². The van der Waals surface area contributed by atoms with Crippen LogP contribution in [-0.4, -0.2) is 24.0 Å². The van der Waals surface area contributed by atoms with Gasteiger partial charge in [0, 0.05) is 43.3 Å². The van der Waals surface area contributed by atoms with Gasteiger partial charge in [0.15, 0.2) is 0 Å². The van der Waals surface area contributed by atoms with Gasteiger partial charge in [-0.05, 0) is 67.0 Å². The number of unbranched alkanes of at least 4 members (excludes halogenated alkanes) is 3. The van der Waals surface area contributed by atoms with Crippen LogP contribution in [0, 0.1) is 0 Å². The number of amides is 1. The summed E-state index contributed by atoms with van der Waals surface area (Å²) in [7, 11) is 0. The van der Waals surface area contributed by atoms with Gasteiger partial charge < -0.3 is 10.2 Å². The third-order valence-corrected chi connectivity index (χ3v) is 6.22. The summed E-state index contributed by atoms with van der Waals surface area (Å²) in [5.41, 5.74) is 6.71. The Morgan fingerprint density at radius 2 is 1.53 bits per heavy atom. The summed E-state index contributed by atoms with van der Waals surface area (Å²) >= 11 is 0. The lowest BCUT2D eigenvalue weighted by Gasteiger charge is -2.27. The molecule has 4 nitrogen and oxygen atoms in total. The molecule has 1 amide bonds. The van der Waals surface area contributed by atoms with Crippen molar-refractivity contribution >= 4 is 17.3 Å². The van der Waals surface area contributed by atoms with Crippen LogP contribution in [0.4, 0.5) is 11.4 Å². The minimum atomic E-state index is 0.131. The van der Waals surface area contributed by atoms with E-state index in [0.29, 0.717) is 6.42 Å². The predicted molar refractivity (Wildman–Crippen MR) is 131 cm³/mol. The van der Waals surface area contributed by atoms with E-state index >= 15 is 0 Å². The van der Waals surface area contributed by atoms with Crippen LogP contribution in [0.1, 0.15) is 48.8 Å². The molecule has 0 saturated heterocycles. The summed E-state index contributed by atoms with van der Waals surface area (Å²) in [6.45, 7) is 1.80. The number of aromatic nitrogens is 1. The lowest BCUT2D eigenvalue weighted by atomic mass is 10.0. The van der Waals surface area contributed by atoms with E-state index in [1.165, 1.54) is 28.9 Å². The maximum atomic E-state index is 12.0. The van der Waals surface area contributed by atoms with Gasteiger partial charge in [-0.2, -0.15) is 0 Å². The molecule has 1 N–H and O–H groups in total. The smallest absolute Gasteiger partial charge is 0.220 e. The summed E-state index contributed by atoms with van der Waals surface area (Å²) in [6, 6.07) is 21.6. The minimum Gasteiger partial charge on any atom is -0.356 e. The molecule has 0 spiro atoms. The van der Waals surface area contributed by atoms with E-state index in [0.717, 1.165) is 57.2 Å². The second-order valence-electron chi connectivity index (χ2n) is 8.53. The van der Waals surface area contributed by atoms with Crippen molar-refractivity contribution < 1.29 is 4.79 Å². The Balaban J connectivity index is 1.19. The van der Waals surface area contributed by atoms with Crippen LogP contribution in [0.2, 0.25) is 0 Å². The van der Waals surface area contributed by atoms with Crippen LogP contribution in [0.15, 0.2) is 73.1 Å². The van der Waals surface area contributed by atoms with Crippen LogP contribution in [-0.2, 0) is 24.1 Å². The van der Waals surface area contributed by atoms with Gasteiger partial charge in [-0.3, -0.25) is 9.78 Å². The highest BCUT2D eigenvalue weighted by atomic mass is 16.1. The zero-order chi connectivity index (χ0) is 22.0. The number of anilines is 2. The van der Waals surface area contributed by atoms with E-state index in [1.54, 1.807) is 6.20 Å². The number of hydrogen-bond donors (Lipinski definition) is 1. The second-order valence-corrected chi connectivity index (χ2v) is 8.53. The van der Waals surface area contributed by atoms with E-state index in [-0.39, 0.29) is 5.91 Å². The Morgan fingerprint density at radius 3 is 2.22 bits per heavy atom. The number of nitrogens with one attached hydrogen (secondary N) is 1. The number of carbonyl (C=O) groups excluding carboxylic acids is 1. The SMILES string of the molecule is O=C(CCc1cccnc1)NCCCCCCN1c2ccccc2CCc2ccccc21. The largest absolute Gasteiger partial charge is 0.356 e. The van der Waals surface area contributed by atoms with Crippen LogP contribution in [0.25, 0.3) is 0 Å². The van der Waals surface area contributed by atoms with Gasteiger partial charge in [0.25, 0.3) is 0 Å². The summed E-state index contributed by atoms with van der Waals surface area (Å²) < 4.78 is 0. The molecular formula is C28H33N3O. The topological polar surface area (TPSA) is 45.2 Å². The molecule has 1 aliphatic heterocycles. The van der Waals surface area contributed by atoms with Crippen molar-refractivity contribution in [2.75, 3.05) is 18.0 Å². The zero-order valence-electron chi connectivity index (χ0n) is 18.8. The number of rotatable bonds is 10. The number of hydrogen-bond acceptors (Lipinski definition) is 3. The fourth-order valence-corrected chi connectivity index (χ4v) is 4.48. The quantitative estimate of drug-likeness (QED) is 0.427. The van der Waals surface area contributed by atoms with Crippen molar-refractivity contribution in [3.05, 3.63) is 89.7 Å². The Kier molecular flexibility index (Phi) is 7.91. The van der Waals surface area contributed by atoms with Crippen molar-refractivity contribution in [2.45, 2.75) is 51.4 Å². The summed E-state index contributed by atoms with van der Waals surface area (Å²) in [4.78, 5) is 18.6. The molecule has 1 aliphatic rings. The van der Waals surface area contributed by atoms with Gasteiger partial charge in [-0.25, -0.2) is 0 Å². The number of carbonyl (C=O) groups is 1. The van der Waals surface area contributed by atoms with E-state index in [4.69, 9.17) is 0 Å². The number of fused-ring (bicyclic) bond motifs is 2. The first-order valence-corrected chi connectivity index (χ1v) is 11.9. The van der Waals surface area contributed by atoms with E-state index in [9.17, 15) is 4.79 Å². The molecule has 2 heterocycles. The normalized spacial score (nSPS) is 12.6. The van der Waals surface area contributed by atoms with Crippen molar-refractivity contribution in [3.63, 3.8) is 0 Å². The van der Waals surface area contributed by atoms with Gasteiger partial charge in [0.1, 0.15) is 0 Å². The average Bonchev–Trinajstić information content (AvgIpc) is 3.00. The van der Waals surface area contributed by atoms with Gasteiger partial charge in [0.2, 0.25) is 5.91 Å². The first-order chi connectivity index (χ1) is 15.8. The molecule has 32 heavy (non-hydrogen) atoms. The fourth-order valence-electron chi connectivity index (χ4n) is 4.48. The molecule has 1 aromatic heterocycles. The minimum absolute atomic E-state index is 0.131. The molecule has 0 radical (unpaired) electrons. The van der Waals surface area contributed by atoms with Gasteiger partial charge in [0.05, 0.1) is 0 Å². The maximum Gasteiger partial charge on any atom is 0.220 e. The van der Waals surface area contributed by atoms with E-state index < -0.39 is 0 Å². The predicted octanol–water partition coefficient (Wildman–Crippen LogP) is 5.63. The van der Waals surface area contributed by atoms with E-state index in [2.05, 4.69) is 63.7 Å². The highest BCUT2D eigenvalue weighted by Gasteiger charge is 2.19. The number of para-hydroxylation sites is 2. The number of nitrogens with zero attached hydrogens (tertiary/aromatic N) is 2. The Hall–Kier alpha value is -3.14. The molecular weight excluding hydrogens is 394 g/mol. The van der Waals surface area contributed by atoms with Crippen molar-refractivity contribution in [3.8, 4) is 0 Å². The Bertz CT molecular complexity index is 955. The molecule has 0 aliphatic carbocycles. The molecule has 0 atom stereocenters. The summed E-state index contributed by atoms with van der Waals surface area (Å²) in [5, 5.41) is 3.06. The number of pyridine rings is 1. The summed E-state index contributed by atoms with van der Waals surface area (Å²) in [6.07, 6.45) is 11.6. The average molecular weight is 428 g/mol. The molecule has 166 valence electrons. The molecule has 0 unspecified atom stereocenters. The number of benzene rings is 2. The lowest BCUT2D eigenvalue weighted by Crippen LogP contribution is -2.24. The highest BCUT2D eigenvalue weighted by molar-refractivity contribution is 5.76. The van der Waals surface area contributed by atoms with Crippen LogP contribution < -0.4 is 10.2 Å². The van der Waals surface area contributed by atoms with Crippen LogP contribution in [0.3, 0.4) is 0 Å². The Morgan fingerprint density at radius 1 is 0.844 bits per heavy atom. The third-order valence-electron chi connectivity index (χ3n) is 6.22. The van der Waals surface area contributed by atoms with Crippen LogP contribution in [0.5, 0.6) is 0 Å². The Labute approximate surface area is 191 Å². The first kappa shape index (κ1) is 22.1. The lowest BCUT2D eigenvalue weighted by molar-refractivity contribution is -0.121. The number of aryl methyl sites for hydroxylation is 3. The molecule has 4 heteroatoms. The van der Waals surface area contributed by atoms with Gasteiger partial charge >= 0.3 is 0 Å². The molecule has 4 rings (SSSR count). The summed E-state index contributed by atoms with van der Waals surface area (Å²) in [5.74, 6) is 0.131. The maximum absolute atomic E-state index is 12.0. The molecule has 0 saturated carbocycles. The fraction of sp³-hybridized carbons (Fsp3) is 0.357. The molecule has 3 aromatic rings. The van der Waals surface area contributed by atoms with E-state index in [1.807, 2.05) is 18.3 Å². The standard InChI is InChI=1S/C28H33N3O/c32-28(18-15-23-10-9-19-29-22-23)30-20-7-1-2-8-21-31-26-13-5-3-11-24(26)16-17-25-12-4-6-14-27(25)31/h3-6,9-14,19,22H,1-2,7-8,15-18,20-21H2,(H,30,32). The molecule has 0 fully saturated rings. The monoisotopic (exact) mass is 427 g/mol. The van der Waals surface area contributed by atoms with Gasteiger partial charge in [-0.1, -0.05) is 55.3 Å². The molecule has 0 bridgehead atoms. The van der Waals surface area contributed by atoms with Crippen molar-refractivity contribution in [1.29, 1.82) is 0 Å². The first-order valence-electron chi connectivity index (χ1n) is 11.9. The van der Waals surface area contributed by atoms with Crippen LogP contribution >= 0.6 is 0 Å². The second kappa shape index (κ2) is 11.5. The highest BCUT2D eigenvalue weighted by Crippen LogP contribution is 2.36. The van der Waals surface area contributed by atoms with Crippen molar-refractivity contribution in [2.24, 2.45) is 0 Å². The van der Waals surface area contributed by atoms with Crippen molar-refractivity contribution in [1.82, 2.24) is 10.3 Å². The third kappa shape index (κ3) is 5.97. The molecule has 2 aromatic carbocycles. The zero-order valence-corrected chi connectivity index (χ0v) is 18.8.